The van der Waals surface area contributed by atoms with Gasteiger partial charge < -0.3 is 9.88 Å². The topological polar surface area (TPSA) is 97.2 Å². The lowest BCUT2D eigenvalue weighted by atomic mass is 10.3. The van der Waals surface area contributed by atoms with Crippen LogP contribution in [-0.4, -0.2) is 41.1 Å². The second-order valence-electron chi connectivity index (χ2n) is 6.73. The van der Waals surface area contributed by atoms with Crippen LogP contribution in [0.1, 0.15) is 12.7 Å². The molecule has 0 aliphatic carbocycles. The fourth-order valence-electron chi connectivity index (χ4n) is 2.86. The molecule has 32 heavy (non-hydrogen) atoms. The normalized spacial score (nSPS) is 11.4. The van der Waals surface area contributed by atoms with E-state index >= 15 is 0 Å². The van der Waals surface area contributed by atoms with Crippen LogP contribution in [0.15, 0.2) is 53.7 Å². The van der Waals surface area contributed by atoms with Crippen LogP contribution >= 0.6 is 23.4 Å². The molecule has 12 heteroatoms. The van der Waals surface area contributed by atoms with Crippen molar-refractivity contribution in [2.45, 2.75) is 25.2 Å². The van der Waals surface area contributed by atoms with Crippen molar-refractivity contribution >= 4 is 50.7 Å². The summed E-state index contributed by atoms with van der Waals surface area (Å²) < 4.78 is 40.8. The van der Waals surface area contributed by atoms with Crippen molar-refractivity contribution < 1.29 is 17.6 Å². The number of anilines is 2. The Morgan fingerprint density at radius 3 is 2.41 bits per heavy atom. The van der Waals surface area contributed by atoms with Gasteiger partial charge >= 0.3 is 0 Å². The van der Waals surface area contributed by atoms with E-state index in [1.807, 2.05) is 6.92 Å². The summed E-state index contributed by atoms with van der Waals surface area (Å²) in [7, 11) is -3.66. The second kappa shape index (κ2) is 10.3. The quantitative estimate of drug-likeness (QED) is 0.452. The van der Waals surface area contributed by atoms with Gasteiger partial charge in [0.05, 0.1) is 24.2 Å². The third kappa shape index (κ3) is 6.21. The first-order valence-electron chi connectivity index (χ1n) is 9.51. The number of hydrogen-bond donors (Lipinski definition) is 1. The number of amides is 1. The Labute approximate surface area is 194 Å². The van der Waals surface area contributed by atoms with Gasteiger partial charge in [0.1, 0.15) is 5.82 Å². The fourth-order valence-corrected chi connectivity index (χ4v) is 4.66. The molecule has 0 aliphatic rings. The molecule has 3 rings (SSSR count). The third-order valence-electron chi connectivity index (χ3n) is 4.37. The molecule has 2 aromatic carbocycles. The van der Waals surface area contributed by atoms with Crippen LogP contribution in [0.2, 0.25) is 5.02 Å². The van der Waals surface area contributed by atoms with Crippen molar-refractivity contribution in [3.63, 3.8) is 0 Å². The second-order valence-corrected chi connectivity index (χ2v) is 10.0. The molecule has 0 bridgehead atoms. The van der Waals surface area contributed by atoms with Crippen LogP contribution in [0.5, 0.6) is 0 Å². The van der Waals surface area contributed by atoms with Gasteiger partial charge in [0.15, 0.2) is 11.0 Å². The summed E-state index contributed by atoms with van der Waals surface area (Å²) in [5.41, 5.74) is 0.942. The zero-order valence-corrected chi connectivity index (χ0v) is 19.7. The summed E-state index contributed by atoms with van der Waals surface area (Å²) in [5.74, 6) is -0.194. The highest BCUT2D eigenvalue weighted by molar-refractivity contribution is 7.99. The summed E-state index contributed by atoms with van der Waals surface area (Å²) in [5, 5.41) is 12.1. The van der Waals surface area contributed by atoms with Crippen LogP contribution in [0.25, 0.3) is 0 Å². The van der Waals surface area contributed by atoms with Crippen molar-refractivity contribution in [3.05, 3.63) is 65.2 Å². The number of carbonyl (C=O) groups is 1. The molecule has 3 aromatic rings. The molecular weight excluding hydrogens is 477 g/mol. The Balaban J connectivity index is 1.72. The van der Waals surface area contributed by atoms with Crippen molar-refractivity contribution in [1.82, 2.24) is 14.8 Å². The van der Waals surface area contributed by atoms with Crippen LogP contribution in [-0.2, 0) is 27.9 Å². The van der Waals surface area contributed by atoms with E-state index in [1.165, 1.54) is 36.0 Å². The predicted molar refractivity (Wildman–Crippen MR) is 124 cm³/mol. The number of benzene rings is 2. The minimum atomic E-state index is -3.66. The predicted octanol–water partition coefficient (Wildman–Crippen LogP) is 3.79. The van der Waals surface area contributed by atoms with Gasteiger partial charge in [-0.1, -0.05) is 23.4 Å². The van der Waals surface area contributed by atoms with Gasteiger partial charge in [0, 0.05) is 17.3 Å². The molecule has 0 spiro atoms. The largest absolute Gasteiger partial charge is 0.325 e. The molecule has 1 heterocycles. The van der Waals surface area contributed by atoms with E-state index in [2.05, 4.69) is 15.5 Å². The molecule has 1 aromatic heterocycles. The lowest BCUT2D eigenvalue weighted by Gasteiger charge is -2.22. The third-order valence-corrected chi connectivity index (χ3v) is 6.73. The molecule has 8 nitrogen and oxygen atoms in total. The minimum absolute atomic E-state index is 0.0805. The summed E-state index contributed by atoms with van der Waals surface area (Å²) in [6.45, 7) is 2.26. The van der Waals surface area contributed by atoms with Gasteiger partial charge in [-0.05, 0) is 55.5 Å². The lowest BCUT2D eigenvalue weighted by molar-refractivity contribution is -0.113. The van der Waals surface area contributed by atoms with E-state index in [4.69, 9.17) is 11.6 Å². The Morgan fingerprint density at radius 1 is 1.16 bits per heavy atom. The molecule has 1 amide bonds. The van der Waals surface area contributed by atoms with Gasteiger partial charge in [-0.15, -0.1) is 10.2 Å². The molecular formula is C20H21ClFN5O3S2. The summed E-state index contributed by atoms with van der Waals surface area (Å²) in [6.07, 6.45) is 1.07. The van der Waals surface area contributed by atoms with E-state index in [1.54, 1.807) is 28.8 Å². The molecule has 1 N–H and O–H groups in total. The van der Waals surface area contributed by atoms with E-state index in [9.17, 15) is 17.6 Å². The van der Waals surface area contributed by atoms with Gasteiger partial charge in [0.25, 0.3) is 0 Å². The van der Waals surface area contributed by atoms with Gasteiger partial charge in [-0.2, -0.15) is 0 Å². The van der Waals surface area contributed by atoms with Crippen LogP contribution in [0.3, 0.4) is 0 Å². The fraction of sp³-hybridized carbons (Fsp3) is 0.250. The number of aromatic nitrogens is 3. The number of carbonyl (C=O) groups excluding carboxylic acids is 1. The highest BCUT2D eigenvalue weighted by atomic mass is 35.5. The number of nitrogens with one attached hydrogen (secondary N) is 1. The van der Waals surface area contributed by atoms with Crippen LogP contribution in [0, 0.1) is 5.82 Å². The Kier molecular flexibility index (Phi) is 7.75. The average Bonchev–Trinajstić information content (AvgIpc) is 3.14. The first-order valence-corrected chi connectivity index (χ1v) is 12.7. The maximum atomic E-state index is 13.3. The average molecular weight is 498 g/mol. The van der Waals surface area contributed by atoms with Crippen molar-refractivity contribution in [2.24, 2.45) is 0 Å². The molecule has 0 radical (unpaired) electrons. The van der Waals surface area contributed by atoms with E-state index < -0.39 is 15.8 Å². The minimum Gasteiger partial charge on any atom is -0.325 e. The SMILES string of the molecule is CCn1c(CN(c2ccc(F)cc2)S(C)(=O)=O)nnc1SCC(=O)Nc1ccc(Cl)cc1. The van der Waals surface area contributed by atoms with Gasteiger partial charge in [-0.25, -0.2) is 12.8 Å². The van der Waals surface area contributed by atoms with Crippen LogP contribution in [0.4, 0.5) is 15.8 Å². The highest BCUT2D eigenvalue weighted by Crippen LogP contribution is 2.23. The summed E-state index contributed by atoms with van der Waals surface area (Å²) >= 11 is 7.03. The van der Waals surface area contributed by atoms with E-state index in [-0.39, 0.29) is 18.2 Å². The standard InChI is InChI=1S/C20H21ClFN5O3S2/c1-3-26-18(12-27(32(2,29)30)17-10-6-15(22)7-11-17)24-25-20(26)31-13-19(28)23-16-8-4-14(21)5-9-16/h4-11H,3,12-13H2,1-2H3,(H,23,28). The summed E-state index contributed by atoms with van der Waals surface area (Å²) in [4.78, 5) is 12.3. The molecule has 0 fully saturated rings. The lowest BCUT2D eigenvalue weighted by Crippen LogP contribution is -2.30. The van der Waals surface area contributed by atoms with Crippen LogP contribution < -0.4 is 9.62 Å². The monoisotopic (exact) mass is 497 g/mol. The maximum absolute atomic E-state index is 13.3. The highest BCUT2D eigenvalue weighted by Gasteiger charge is 2.22. The smallest absolute Gasteiger partial charge is 0.234 e. The van der Waals surface area contributed by atoms with E-state index in [0.717, 1.165) is 10.6 Å². The first kappa shape index (κ1) is 24.0. The Hall–Kier alpha value is -2.63. The van der Waals surface area contributed by atoms with E-state index in [0.29, 0.717) is 33.9 Å². The molecule has 170 valence electrons. The maximum Gasteiger partial charge on any atom is 0.234 e. The zero-order valence-electron chi connectivity index (χ0n) is 17.3. The molecule has 0 saturated carbocycles. The molecule has 0 unspecified atom stereocenters. The first-order chi connectivity index (χ1) is 15.2. The summed E-state index contributed by atoms with van der Waals surface area (Å²) in [6, 6.07) is 11.9. The molecule has 0 saturated heterocycles. The Bertz CT molecular complexity index is 1180. The van der Waals surface area contributed by atoms with Gasteiger partial charge in [0.2, 0.25) is 15.9 Å². The number of sulfonamides is 1. The zero-order chi connectivity index (χ0) is 23.3. The van der Waals surface area contributed by atoms with Crippen molar-refractivity contribution in [2.75, 3.05) is 21.6 Å². The number of rotatable bonds is 9. The molecule has 0 aliphatic heterocycles. The Morgan fingerprint density at radius 2 is 1.81 bits per heavy atom. The number of nitrogens with zero attached hydrogens (tertiary/aromatic N) is 4. The number of halogens is 2. The number of hydrogen-bond acceptors (Lipinski definition) is 6. The van der Waals surface area contributed by atoms with Gasteiger partial charge in [-0.3, -0.25) is 9.10 Å². The van der Waals surface area contributed by atoms with Crippen molar-refractivity contribution in [3.8, 4) is 0 Å². The van der Waals surface area contributed by atoms with Crippen molar-refractivity contribution in [1.29, 1.82) is 0 Å². The molecule has 0 atom stereocenters. The number of thioether (sulfide) groups is 1.